The number of nitrogens with zero attached hydrogens (tertiary/aromatic N) is 6. The summed E-state index contributed by atoms with van der Waals surface area (Å²) < 4.78 is 51.3. The maximum atomic E-state index is 13.1. The number of piperidine rings is 1. The van der Waals surface area contributed by atoms with Gasteiger partial charge in [-0.25, -0.2) is 0 Å². The van der Waals surface area contributed by atoms with E-state index in [9.17, 15) is 13.2 Å². The number of rotatable bonds is 6. The maximum absolute atomic E-state index is 13.1. The van der Waals surface area contributed by atoms with Gasteiger partial charge in [-0.15, -0.1) is 5.10 Å². The fourth-order valence-electron chi connectivity index (χ4n) is 4.99. The highest BCUT2D eigenvalue weighted by Crippen LogP contribution is 2.40. The molecule has 1 aliphatic carbocycles. The van der Waals surface area contributed by atoms with Crippen LogP contribution in [0.5, 0.6) is 5.88 Å². The minimum Gasteiger partial charge on any atom is -0.465 e. The molecule has 184 valence electrons. The second kappa shape index (κ2) is 8.31. The summed E-state index contributed by atoms with van der Waals surface area (Å²) in [6, 6.07) is 3.97. The summed E-state index contributed by atoms with van der Waals surface area (Å²) in [4.78, 5) is 11.1. The lowest BCUT2D eigenvalue weighted by Crippen LogP contribution is -2.48. The molecule has 2 bridgehead atoms. The van der Waals surface area contributed by atoms with Gasteiger partial charge in [0.1, 0.15) is 0 Å². The SMILES string of the molecule is Cc1noc(N2CC3CCC(C2)C3Nc2nc3c(C(C)C)ccc(O[C@@H](C)C(F)(F)F)n3n2)n1. The van der Waals surface area contributed by atoms with Crippen LogP contribution in [-0.4, -0.2) is 56.2 Å². The summed E-state index contributed by atoms with van der Waals surface area (Å²) in [5.74, 6) is 1.79. The Morgan fingerprint density at radius 3 is 2.41 bits per heavy atom. The number of pyridine rings is 1. The van der Waals surface area contributed by atoms with Gasteiger partial charge in [-0.05, 0) is 56.1 Å². The van der Waals surface area contributed by atoms with Crippen molar-refractivity contribution in [1.82, 2.24) is 24.7 Å². The zero-order valence-electron chi connectivity index (χ0n) is 19.5. The van der Waals surface area contributed by atoms with Crippen LogP contribution in [0.4, 0.5) is 25.1 Å². The molecule has 3 aromatic heterocycles. The molecule has 0 radical (unpaired) electrons. The van der Waals surface area contributed by atoms with Crippen molar-refractivity contribution in [3.63, 3.8) is 0 Å². The standard InChI is InChI=1S/C22H28F3N7O2/c1-11(2)16-7-8-17(33-12(3)22(23,24)25)32-19(16)28-20(29-32)27-18-14-5-6-15(18)10-31(9-14)21-26-13(4)30-34-21/h7-8,11-12,14-15,18H,5-6,9-10H2,1-4H3,(H,27,29)/t12-,14?,15?,18?/m0/s1. The Hall–Kier alpha value is -3.05. The number of ether oxygens (including phenoxy) is 1. The van der Waals surface area contributed by atoms with Crippen LogP contribution in [0.15, 0.2) is 16.7 Å². The number of alkyl halides is 3. The molecule has 2 aliphatic rings. The van der Waals surface area contributed by atoms with Crippen molar-refractivity contribution >= 4 is 17.6 Å². The van der Waals surface area contributed by atoms with E-state index < -0.39 is 12.3 Å². The van der Waals surface area contributed by atoms with Crippen molar-refractivity contribution < 1.29 is 22.4 Å². The molecular weight excluding hydrogens is 451 g/mol. The highest BCUT2D eigenvalue weighted by Gasteiger charge is 2.44. The quantitative estimate of drug-likeness (QED) is 0.562. The van der Waals surface area contributed by atoms with Gasteiger partial charge < -0.3 is 19.5 Å². The molecular formula is C22H28F3N7O2. The molecule has 4 heterocycles. The van der Waals surface area contributed by atoms with Crippen molar-refractivity contribution in [2.45, 2.75) is 64.8 Å². The Kier molecular flexibility index (Phi) is 5.56. The van der Waals surface area contributed by atoms with Crippen molar-refractivity contribution in [3.05, 3.63) is 23.5 Å². The lowest BCUT2D eigenvalue weighted by atomic mass is 9.92. The molecule has 9 nitrogen and oxygen atoms in total. The molecule has 1 saturated heterocycles. The van der Waals surface area contributed by atoms with Crippen molar-refractivity contribution in [2.75, 3.05) is 23.3 Å². The summed E-state index contributed by atoms with van der Waals surface area (Å²) in [6.07, 6.45) is -4.34. The van der Waals surface area contributed by atoms with Crippen molar-refractivity contribution in [2.24, 2.45) is 11.8 Å². The van der Waals surface area contributed by atoms with Crippen molar-refractivity contribution in [3.8, 4) is 5.88 Å². The van der Waals surface area contributed by atoms with Crippen molar-refractivity contribution in [1.29, 1.82) is 0 Å². The first-order valence-corrected chi connectivity index (χ1v) is 11.5. The number of fused-ring (bicyclic) bond motifs is 3. The third-order valence-corrected chi connectivity index (χ3v) is 6.78. The van der Waals surface area contributed by atoms with Crippen LogP contribution in [0.25, 0.3) is 5.65 Å². The van der Waals surface area contributed by atoms with E-state index in [1.54, 1.807) is 13.0 Å². The number of anilines is 2. The summed E-state index contributed by atoms with van der Waals surface area (Å²) in [5.41, 5.74) is 1.38. The molecule has 2 fully saturated rings. The predicted octanol–water partition coefficient (Wildman–Crippen LogP) is 4.20. The van der Waals surface area contributed by atoms with Crippen LogP contribution in [0.3, 0.4) is 0 Å². The fourth-order valence-corrected chi connectivity index (χ4v) is 4.99. The summed E-state index contributed by atoms with van der Waals surface area (Å²) in [6.45, 7) is 8.34. The molecule has 3 aromatic rings. The maximum Gasteiger partial charge on any atom is 0.425 e. The molecule has 1 N–H and O–H groups in total. The molecule has 1 aliphatic heterocycles. The van der Waals surface area contributed by atoms with Gasteiger partial charge in [0.2, 0.25) is 11.8 Å². The number of halogens is 3. The first-order chi connectivity index (χ1) is 16.1. The first kappa shape index (κ1) is 22.7. The van der Waals surface area contributed by atoms with E-state index in [-0.39, 0.29) is 17.8 Å². The third kappa shape index (κ3) is 4.14. The van der Waals surface area contributed by atoms with Gasteiger partial charge in [0.25, 0.3) is 0 Å². The number of aromatic nitrogens is 5. The molecule has 1 saturated carbocycles. The molecule has 34 heavy (non-hydrogen) atoms. The predicted molar refractivity (Wildman–Crippen MR) is 118 cm³/mol. The molecule has 5 rings (SSSR count). The Morgan fingerprint density at radius 2 is 1.82 bits per heavy atom. The van der Waals surface area contributed by atoms with Crippen LogP contribution in [-0.2, 0) is 0 Å². The molecule has 0 amide bonds. The molecule has 12 heteroatoms. The van der Waals surface area contributed by atoms with Crippen LogP contribution in [0.2, 0.25) is 0 Å². The summed E-state index contributed by atoms with van der Waals surface area (Å²) >= 11 is 0. The average molecular weight is 480 g/mol. The lowest BCUT2D eigenvalue weighted by Gasteiger charge is -2.37. The molecule has 0 aromatic carbocycles. The zero-order chi connectivity index (χ0) is 24.2. The van der Waals surface area contributed by atoms with Crippen LogP contribution >= 0.6 is 0 Å². The van der Waals surface area contributed by atoms with Crippen LogP contribution in [0, 0.1) is 18.8 Å². The van der Waals surface area contributed by atoms with E-state index in [2.05, 4.69) is 30.4 Å². The van der Waals surface area contributed by atoms with Gasteiger partial charge in [-0.2, -0.15) is 27.7 Å². The van der Waals surface area contributed by atoms with Gasteiger partial charge in [-0.1, -0.05) is 19.0 Å². The minimum absolute atomic E-state index is 0.00864. The smallest absolute Gasteiger partial charge is 0.425 e. The van der Waals surface area contributed by atoms with E-state index >= 15 is 0 Å². The van der Waals surface area contributed by atoms with Crippen LogP contribution in [0.1, 0.15) is 50.9 Å². The monoisotopic (exact) mass is 479 g/mol. The first-order valence-electron chi connectivity index (χ1n) is 11.5. The molecule has 0 spiro atoms. The number of aryl methyl sites for hydroxylation is 1. The Labute approximate surface area is 194 Å². The topological polar surface area (TPSA) is 93.6 Å². The second-order valence-corrected chi connectivity index (χ2v) is 9.55. The average Bonchev–Trinajstić information content (AvgIpc) is 3.43. The Morgan fingerprint density at radius 1 is 1.12 bits per heavy atom. The number of hydrogen-bond donors (Lipinski definition) is 1. The largest absolute Gasteiger partial charge is 0.465 e. The molecule has 3 atom stereocenters. The van der Waals surface area contributed by atoms with Gasteiger partial charge >= 0.3 is 12.2 Å². The van der Waals surface area contributed by atoms with E-state index in [0.29, 0.717) is 35.3 Å². The zero-order valence-corrected chi connectivity index (χ0v) is 19.5. The number of hydrogen-bond acceptors (Lipinski definition) is 8. The van der Waals surface area contributed by atoms with Gasteiger partial charge in [0.15, 0.2) is 17.6 Å². The number of nitrogens with one attached hydrogen (secondary N) is 1. The lowest BCUT2D eigenvalue weighted by molar-refractivity contribution is -0.190. The normalized spacial score (nSPS) is 23.6. The summed E-state index contributed by atoms with van der Waals surface area (Å²) in [7, 11) is 0. The highest BCUT2D eigenvalue weighted by atomic mass is 19.4. The fraction of sp³-hybridized carbons (Fsp3) is 0.636. The second-order valence-electron chi connectivity index (χ2n) is 9.55. The molecule has 2 unspecified atom stereocenters. The van der Waals surface area contributed by atoms with Gasteiger partial charge in [0, 0.05) is 25.2 Å². The Bertz CT molecular complexity index is 1160. The highest BCUT2D eigenvalue weighted by molar-refractivity contribution is 5.55. The Balaban J connectivity index is 1.40. The van der Waals surface area contributed by atoms with Crippen LogP contribution < -0.4 is 15.0 Å². The third-order valence-electron chi connectivity index (χ3n) is 6.78. The van der Waals surface area contributed by atoms with E-state index in [0.717, 1.165) is 38.4 Å². The van der Waals surface area contributed by atoms with E-state index in [4.69, 9.17) is 9.26 Å². The minimum atomic E-state index is -4.48. The van der Waals surface area contributed by atoms with E-state index in [1.807, 2.05) is 13.8 Å². The summed E-state index contributed by atoms with van der Waals surface area (Å²) in [5, 5.41) is 11.9. The van der Waals surface area contributed by atoms with Gasteiger partial charge in [0.05, 0.1) is 0 Å². The van der Waals surface area contributed by atoms with E-state index in [1.165, 1.54) is 10.6 Å². The van der Waals surface area contributed by atoms with Gasteiger partial charge in [-0.3, -0.25) is 0 Å².